The van der Waals surface area contributed by atoms with Gasteiger partial charge >= 0.3 is 6.18 Å². The second kappa shape index (κ2) is 10.0. The van der Waals surface area contributed by atoms with Gasteiger partial charge in [-0.2, -0.15) is 13.2 Å². The molecule has 10 heteroatoms. The summed E-state index contributed by atoms with van der Waals surface area (Å²) in [6.45, 7) is 2.15. The highest BCUT2D eigenvalue weighted by Crippen LogP contribution is 2.27. The highest BCUT2D eigenvalue weighted by atomic mass is 19.4. The summed E-state index contributed by atoms with van der Waals surface area (Å²) in [7, 11) is 1.27. The molecule has 0 atom stereocenters. The molecule has 0 aliphatic carbocycles. The topological polar surface area (TPSA) is 90.4 Å². The molecule has 0 aromatic carbocycles. The van der Waals surface area contributed by atoms with Crippen molar-refractivity contribution < 1.29 is 32.2 Å². The highest BCUT2D eigenvalue weighted by Gasteiger charge is 2.29. The lowest BCUT2D eigenvalue weighted by atomic mass is 10.0. The van der Waals surface area contributed by atoms with E-state index in [0.717, 1.165) is 0 Å². The van der Waals surface area contributed by atoms with Gasteiger partial charge in [0.15, 0.2) is 12.4 Å². The van der Waals surface area contributed by atoms with E-state index in [1.165, 1.54) is 31.6 Å². The van der Waals surface area contributed by atoms with Crippen molar-refractivity contribution in [3.63, 3.8) is 0 Å². The maximum atomic E-state index is 12.4. The fourth-order valence-corrected chi connectivity index (χ4v) is 2.36. The van der Waals surface area contributed by atoms with Gasteiger partial charge in [-0.1, -0.05) is 13.8 Å². The number of hydrogen-bond donors (Lipinski definition) is 1. The number of ether oxygens (including phenoxy) is 2. The molecule has 2 aromatic heterocycles. The number of aromatic nitrogens is 2. The van der Waals surface area contributed by atoms with Crippen molar-refractivity contribution in [2.45, 2.75) is 33.0 Å². The molecule has 2 heterocycles. The van der Waals surface area contributed by atoms with Crippen LogP contribution in [0.1, 0.15) is 35.5 Å². The van der Waals surface area contributed by atoms with Gasteiger partial charge in [-0.3, -0.25) is 14.6 Å². The first-order valence-electron chi connectivity index (χ1n) is 9.07. The summed E-state index contributed by atoms with van der Waals surface area (Å²) in [6.07, 6.45) is -1.62. The van der Waals surface area contributed by atoms with E-state index in [2.05, 4.69) is 20.0 Å². The van der Waals surface area contributed by atoms with Crippen LogP contribution in [0, 0.1) is 5.92 Å². The molecular weight excluding hydrogens is 403 g/mol. The zero-order valence-corrected chi connectivity index (χ0v) is 16.7. The minimum absolute atomic E-state index is 0.0180. The highest BCUT2D eigenvalue weighted by molar-refractivity contribution is 5.94. The van der Waals surface area contributed by atoms with Crippen LogP contribution in [-0.2, 0) is 17.8 Å². The number of nitrogens with zero attached hydrogens (tertiary/aromatic N) is 2. The van der Waals surface area contributed by atoms with Gasteiger partial charge in [0.2, 0.25) is 0 Å². The van der Waals surface area contributed by atoms with Gasteiger partial charge in [0.05, 0.1) is 7.11 Å². The first-order chi connectivity index (χ1) is 14.1. The van der Waals surface area contributed by atoms with Crippen LogP contribution in [0.5, 0.6) is 11.6 Å². The van der Waals surface area contributed by atoms with Gasteiger partial charge in [0.25, 0.3) is 11.8 Å². The summed E-state index contributed by atoms with van der Waals surface area (Å²) in [5.74, 6) is -0.782. The Morgan fingerprint density at radius 3 is 2.57 bits per heavy atom. The molecular formula is C20H22F3N3O4. The molecule has 0 saturated carbocycles. The molecule has 0 radical (unpaired) electrons. The molecule has 7 nitrogen and oxygen atoms in total. The van der Waals surface area contributed by atoms with Crippen LogP contribution in [0.4, 0.5) is 13.2 Å². The molecule has 162 valence electrons. The first kappa shape index (κ1) is 23.1. The van der Waals surface area contributed by atoms with Gasteiger partial charge in [0.1, 0.15) is 5.78 Å². The molecule has 2 aromatic rings. The SMILES string of the molecule is COc1cc(CNC(=O)c2ccnc(CC(=O)C(C)C)c2)cnc1OCC(F)(F)F. The van der Waals surface area contributed by atoms with Crippen LogP contribution >= 0.6 is 0 Å². The first-order valence-corrected chi connectivity index (χ1v) is 9.07. The van der Waals surface area contributed by atoms with E-state index in [1.54, 1.807) is 19.9 Å². The van der Waals surface area contributed by atoms with Crippen molar-refractivity contribution in [1.82, 2.24) is 15.3 Å². The van der Waals surface area contributed by atoms with Crippen molar-refractivity contribution in [2.75, 3.05) is 13.7 Å². The molecule has 0 aliphatic heterocycles. The Kier molecular flexibility index (Phi) is 7.73. The number of ketones is 1. The van der Waals surface area contributed by atoms with Crippen LogP contribution in [0.25, 0.3) is 0 Å². The number of alkyl halides is 3. The summed E-state index contributed by atoms with van der Waals surface area (Å²) in [5.41, 5.74) is 1.33. The molecule has 0 fully saturated rings. The molecule has 2 rings (SSSR count). The average molecular weight is 425 g/mol. The van der Waals surface area contributed by atoms with Gasteiger partial charge in [-0.05, 0) is 23.8 Å². The molecule has 0 spiro atoms. The Morgan fingerprint density at radius 1 is 1.20 bits per heavy atom. The Balaban J connectivity index is 2.01. The molecule has 1 amide bonds. The molecule has 0 saturated heterocycles. The van der Waals surface area contributed by atoms with Crippen molar-refractivity contribution >= 4 is 11.7 Å². The number of methoxy groups -OCH3 is 1. The predicted octanol–water partition coefficient (Wildman–Crippen LogP) is 3.12. The third-order valence-electron chi connectivity index (χ3n) is 4.00. The third-order valence-corrected chi connectivity index (χ3v) is 4.00. The van der Waals surface area contributed by atoms with Crippen LogP contribution in [0.15, 0.2) is 30.6 Å². The number of pyridine rings is 2. The van der Waals surface area contributed by atoms with E-state index in [1.807, 2.05) is 0 Å². The maximum absolute atomic E-state index is 12.4. The van der Waals surface area contributed by atoms with Crippen molar-refractivity contribution in [3.05, 3.63) is 47.4 Å². The quantitative estimate of drug-likeness (QED) is 0.664. The van der Waals surface area contributed by atoms with E-state index in [-0.39, 0.29) is 36.3 Å². The number of nitrogens with one attached hydrogen (secondary N) is 1. The van der Waals surface area contributed by atoms with Crippen molar-refractivity contribution in [3.8, 4) is 11.6 Å². The minimum Gasteiger partial charge on any atom is -0.491 e. The predicted molar refractivity (Wildman–Crippen MR) is 101 cm³/mol. The second-order valence-electron chi connectivity index (χ2n) is 6.77. The molecule has 30 heavy (non-hydrogen) atoms. The lowest BCUT2D eigenvalue weighted by Crippen LogP contribution is -2.23. The number of hydrogen-bond acceptors (Lipinski definition) is 6. The average Bonchev–Trinajstić information content (AvgIpc) is 2.70. The summed E-state index contributed by atoms with van der Waals surface area (Å²) in [6, 6.07) is 4.49. The minimum atomic E-state index is -4.50. The normalized spacial score (nSPS) is 11.3. The third kappa shape index (κ3) is 7.02. The number of rotatable bonds is 9. The van der Waals surface area contributed by atoms with E-state index >= 15 is 0 Å². The molecule has 1 N–H and O–H groups in total. The van der Waals surface area contributed by atoms with E-state index in [9.17, 15) is 22.8 Å². The van der Waals surface area contributed by atoms with Crippen LogP contribution in [0.3, 0.4) is 0 Å². The van der Waals surface area contributed by atoms with Gasteiger partial charge in [0, 0.05) is 42.5 Å². The van der Waals surface area contributed by atoms with E-state index in [0.29, 0.717) is 16.8 Å². The number of amides is 1. The fourth-order valence-electron chi connectivity index (χ4n) is 2.36. The second-order valence-corrected chi connectivity index (χ2v) is 6.77. The zero-order valence-electron chi connectivity index (χ0n) is 16.7. The molecule has 0 unspecified atom stereocenters. The molecule has 0 bridgehead atoms. The number of carbonyl (C=O) groups excluding carboxylic acids is 2. The van der Waals surface area contributed by atoms with E-state index in [4.69, 9.17) is 4.74 Å². The van der Waals surface area contributed by atoms with Crippen molar-refractivity contribution in [2.24, 2.45) is 5.92 Å². The van der Waals surface area contributed by atoms with E-state index < -0.39 is 18.7 Å². The maximum Gasteiger partial charge on any atom is 0.422 e. The summed E-state index contributed by atoms with van der Waals surface area (Å²) in [4.78, 5) is 32.2. The summed E-state index contributed by atoms with van der Waals surface area (Å²) >= 11 is 0. The van der Waals surface area contributed by atoms with Crippen LogP contribution < -0.4 is 14.8 Å². The number of halogens is 3. The van der Waals surface area contributed by atoms with Crippen LogP contribution in [0.2, 0.25) is 0 Å². The Hall–Kier alpha value is -3.17. The number of Topliss-reactive ketones (excluding diaryl/α,β-unsaturated/α-hetero) is 1. The van der Waals surface area contributed by atoms with Gasteiger partial charge in [-0.15, -0.1) is 0 Å². The summed E-state index contributed by atoms with van der Waals surface area (Å²) in [5, 5.41) is 2.68. The Bertz CT molecular complexity index is 901. The monoisotopic (exact) mass is 425 g/mol. The Labute approximate surface area is 171 Å². The van der Waals surface area contributed by atoms with Gasteiger partial charge in [-0.25, -0.2) is 4.98 Å². The van der Waals surface area contributed by atoms with Crippen LogP contribution in [-0.4, -0.2) is 41.6 Å². The fraction of sp³-hybridized carbons (Fsp3) is 0.400. The smallest absolute Gasteiger partial charge is 0.422 e. The molecule has 0 aliphatic rings. The lowest BCUT2D eigenvalue weighted by molar-refractivity contribution is -0.154. The number of carbonyl (C=O) groups is 2. The standard InChI is InChI=1S/C20H22F3N3O4/c1-12(2)16(27)8-15-7-14(4-5-24-15)18(28)25-9-13-6-17(29-3)19(26-10-13)30-11-20(21,22)23/h4-7,10,12H,8-9,11H2,1-3H3,(H,25,28). The van der Waals surface area contributed by atoms with Gasteiger partial charge < -0.3 is 14.8 Å². The lowest BCUT2D eigenvalue weighted by Gasteiger charge is -2.13. The zero-order chi connectivity index (χ0) is 22.3. The largest absolute Gasteiger partial charge is 0.491 e. The Morgan fingerprint density at radius 2 is 1.93 bits per heavy atom. The van der Waals surface area contributed by atoms with Crippen molar-refractivity contribution in [1.29, 1.82) is 0 Å². The summed E-state index contributed by atoms with van der Waals surface area (Å²) < 4.78 is 46.5.